The minimum Gasteiger partial charge on any atom is -0.497 e. The van der Waals surface area contributed by atoms with Gasteiger partial charge in [-0.3, -0.25) is 9.52 Å². The molecule has 1 amide bonds. The number of aryl methyl sites for hydroxylation is 1. The lowest BCUT2D eigenvalue weighted by atomic mass is 9.88. The van der Waals surface area contributed by atoms with Crippen molar-refractivity contribution >= 4 is 21.6 Å². The number of rotatable bonds is 8. The zero-order valence-electron chi connectivity index (χ0n) is 18.3. The maximum atomic E-state index is 12.6. The quantitative estimate of drug-likeness (QED) is 0.522. The molecule has 2 N–H and O–H groups in total. The van der Waals surface area contributed by atoms with Crippen molar-refractivity contribution in [2.75, 3.05) is 18.4 Å². The average molecular weight is 467 g/mol. The molecule has 0 saturated heterocycles. The van der Waals surface area contributed by atoms with E-state index in [0.29, 0.717) is 17.2 Å². The van der Waals surface area contributed by atoms with Crippen LogP contribution >= 0.6 is 0 Å². The fourth-order valence-electron chi connectivity index (χ4n) is 3.88. The zero-order valence-corrected chi connectivity index (χ0v) is 19.1. The smallest absolute Gasteiger partial charge is 0.261 e. The monoisotopic (exact) mass is 466 g/mol. The molecule has 1 aliphatic rings. The molecule has 0 heterocycles. The lowest BCUT2D eigenvalue weighted by Crippen LogP contribution is -2.34. The molecule has 3 aromatic rings. The van der Waals surface area contributed by atoms with Gasteiger partial charge in [0.1, 0.15) is 11.5 Å². The number of sulfonamides is 1. The minimum atomic E-state index is -3.75. The maximum Gasteiger partial charge on any atom is 0.261 e. The van der Waals surface area contributed by atoms with Gasteiger partial charge in [0.25, 0.3) is 15.9 Å². The maximum absolute atomic E-state index is 12.6. The first-order chi connectivity index (χ1) is 15.9. The van der Waals surface area contributed by atoms with E-state index in [9.17, 15) is 13.2 Å². The van der Waals surface area contributed by atoms with Crippen molar-refractivity contribution in [3.8, 4) is 11.5 Å². The Morgan fingerprint density at radius 3 is 2.39 bits per heavy atom. The van der Waals surface area contributed by atoms with E-state index < -0.39 is 10.0 Å². The van der Waals surface area contributed by atoms with Crippen LogP contribution in [0.25, 0.3) is 0 Å². The Bertz CT molecular complexity index is 1210. The van der Waals surface area contributed by atoms with Gasteiger partial charge in [-0.1, -0.05) is 24.3 Å². The predicted molar refractivity (Wildman–Crippen MR) is 126 cm³/mol. The standard InChI is InChI=1S/C25H26N2O5S/c1-31-20-11-9-19(10-12-20)27-33(29,30)22-15-13-21(14-16-22)32-17-25(28)26-24-8-4-6-18-5-2-3-7-23(18)24/h2-3,5,7,9-16,24,27H,4,6,8,17H2,1H3,(H,26,28)/t24-/m0/s1. The van der Waals surface area contributed by atoms with Crippen LogP contribution in [0.1, 0.15) is 30.0 Å². The van der Waals surface area contributed by atoms with E-state index in [0.717, 1.165) is 24.8 Å². The lowest BCUT2D eigenvalue weighted by Gasteiger charge is -2.26. The molecule has 7 nitrogen and oxygen atoms in total. The highest BCUT2D eigenvalue weighted by atomic mass is 32.2. The van der Waals surface area contributed by atoms with E-state index in [4.69, 9.17) is 9.47 Å². The second-order valence-corrected chi connectivity index (χ2v) is 9.49. The Hall–Kier alpha value is -3.52. The lowest BCUT2D eigenvalue weighted by molar-refractivity contribution is -0.124. The number of methoxy groups -OCH3 is 1. The zero-order chi connectivity index (χ0) is 23.3. The summed E-state index contributed by atoms with van der Waals surface area (Å²) < 4.78 is 38.4. The topological polar surface area (TPSA) is 93.7 Å². The Kier molecular flexibility index (Phi) is 6.84. The van der Waals surface area contributed by atoms with Crippen molar-refractivity contribution in [1.82, 2.24) is 5.32 Å². The van der Waals surface area contributed by atoms with Crippen LogP contribution in [0.4, 0.5) is 5.69 Å². The molecule has 0 radical (unpaired) electrons. The second-order valence-electron chi connectivity index (χ2n) is 7.81. The van der Waals surface area contributed by atoms with E-state index in [1.54, 1.807) is 31.4 Å². The number of amides is 1. The molecule has 0 fully saturated rings. The summed E-state index contributed by atoms with van der Waals surface area (Å²) in [6, 6.07) is 20.7. The van der Waals surface area contributed by atoms with Gasteiger partial charge in [0.05, 0.1) is 18.0 Å². The summed E-state index contributed by atoms with van der Waals surface area (Å²) in [5.74, 6) is 0.836. The molecule has 8 heteroatoms. The van der Waals surface area contributed by atoms with Crippen molar-refractivity contribution in [3.63, 3.8) is 0 Å². The van der Waals surface area contributed by atoms with E-state index in [1.165, 1.54) is 29.8 Å². The molecule has 0 unspecified atom stereocenters. The van der Waals surface area contributed by atoms with Crippen LogP contribution in [0, 0.1) is 0 Å². The Balaban J connectivity index is 1.32. The van der Waals surface area contributed by atoms with Gasteiger partial charge in [0.15, 0.2) is 6.61 Å². The van der Waals surface area contributed by atoms with Gasteiger partial charge in [0, 0.05) is 5.69 Å². The summed E-state index contributed by atoms with van der Waals surface area (Å²) in [6.07, 6.45) is 2.96. The number of fused-ring (bicyclic) bond motifs is 1. The summed E-state index contributed by atoms with van der Waals surface area (Å²) in [7, 11) is -2.21. The van der Waals surface area contributed by atoms with Gasteiger partial charge in [-0.05, 0) is 78.9 Å². The van der Waals surface area contributed by atoms with Crippen molar-refractivity contribution < 1.29 is 22.7 Å². The van der Waals surface area contributed by atoms with Crippen molar-refractivity contribution in [2.24, 2.45) is 0 Å². The third kappa shape index (κ3) is 5.64. The van der Waals surface area contributed by atoms with Crippen LogP contribution in [-0.4, -0.2) is 28.0 Å². The molecule has 4 rings (SSSR count). The van der Waals surface area contributed by atoms with Crippen molar-refractivity contribution in [3.05, 3.63) is 83.9 Å². The van der Waals surface area contributed by atoms with E-state index in [2.05, 4.69) is 22.2 Å². The largest absolute Gasteiger partial charge is 0.497 e. The average Bonchev–Trinajstić information content (AvgIpc) is 2.83. The third-order valence-electron chi connectivity index (χ3n) is 5.55. The Labute approximate surface area is 193 Å². The Morgan fingerprint density at radius 2 is 1.67 bits per heavy atom. The van der Waals surface area contributed by atoms with Crippen molar-refractivity contribution in [1.29, 1.82) is 0 Å². The highest BCUT2D eigenvalue weighted by molar-refractivity contribution is 7.92. The highest BCUT2D eigenvalue weighted by Crippen LogP contribution is 2.29. The Morgan fingerprint density at radius 1 is 0.970 bits per heavy atom. The molecule has 0 aromatic heterocycles. The first-order valence-electron chi connectivity index (χ1n) is 10.7. The minimum absolute atomic E-state index is 0.0115. The van der Waals surface area contributed by atoms with Gasteiger partial charge in [-0.15, -0.1) is 0 Å². The third-order valence-corrected chi connectivity index (χ3v) is 6.95. The number of ether oxygens (including phenoxy) is 2. The molecule has 0 spiro atoms. The molecule has 1 aliphatic carbocycles. The molecule has 1 atom stereocenters. The van der Waals surface area contributed by atoms with Crippen LogP contribution in [0.15, 0.2) is 77.7 Å². The SMILES string of the molecule is COc1ccc(NS(=O)(=O)c2ccc(OCC(=O)N[C@H]3CCCc4ccccc43)cc2)cc1. The highest BCUT2D eigenvalue weighted by Gasteiger charge is 2.21. The summed E-state index contributed by atoms with van der Waals surface area (Å²) in [5.41, 5.74) is 2.86. The van der Waals surface area contributed by atoms with Gasteiger partial charge < -0.3 is 14.8 Å². The van der Waals surface area contributed by atoms with Crippen LogP contribution in [0.3, 0.4) is 0 Å². The van der Waals surface area contributed by atoms with Gasteiger partial charge in [0.2, 0.25) is 0 Å². The molecule has 0 saturated carbocycles. The number of carbonyl (C=O) groups is 1. The number of anilines is 1. The van der Waals surface area contributed by atoms with Crippen LogP contribution < -0.4 is 19.5 Å². The van der Waals surface area contributed by atoms with E-state index in [-0.39, 0.29) is 23.5 Å². The van der Waals surface area contributed by atoms with Crippen LogP contribution in [0.2, 0.25) is 0 Å². The molecule has 3 aromatic carbocycles. The second kappa shape index (κ2) is 9.95. The molecule has 0 aliphatic heterocycles. The predicted octanol–water partition coefficient (Wildman–Crippen LogP) is 4.07. The normalized spacial score (nSPS) is 15.2. The van der Waals surface area contributed by atoms with Crippen LogP contribution in [0.5, 0.6) is 11.5 Å². The fraction of sp³-hybridized carbons (Fsp3) is 0.240. The molecular formula is C25H26N2O5S. The molecule has 0 bridgehead atoms. The fourth-order valence-corrected chi connectivity index (χ4v) is 4.94. The van der Waals surface area contributed by atoms with Gasteiger partial charge in [-0.25, -0.2) is 8.42 Å². The molecule has 33 heavy (non-hydrogen) atoms. The van der Waals surface area contributed by atoms with Gasteiger partial charge >= 0.3 is 0 Å². The van der Waals surface area contributed by atoms with Crippen LogP contribution in [-0.2, 0) is 21.2 Å². The number of nitrogens with one attached hydrogen (secondary N) is 2. The van der Waals surface area contributed by atoms with E-state index in [1.807, 2.05) is 12.1 Å². The molecule has 172 valence electrons. The first-order valence-corrected chi connectivity index (χ1v) is 12.2. The first kappa shape index (κ1) is 22.7. The number of benzene rings is 3. The number of carbonyl (C=O) groups excluding carboxylic acids is 1. The summed E-state index contributed by atoms with van der Waals surface area (Å²) >= 11 is 0. The van der Waals surface area contributed by atoms with Gasteiger partial charge in [-0.2, -0.15) is 0 Å². The number of hydrogen-bond donors (Lipinski definition) is 2. The number of hydrogen-bond acceptors (Lipinski definition) is 5. The van der Waals surface area contributed by atoms with Crippen molar-refractivity contribution in [2.45, 2.75) is 30.2 Å². The summed E-state index contributed by atoms with van der Waals surface area (Å²) in [5, 5.41) is 3.04. The van der Waals surface area contributed by atoms with E-state index >= 15 is 0 Å². The summed E-state index contributed by atoms with van der Waals surface area (Å²) in [6.45, 7) is -0.144. The summed E-state index contributed by atoms with van der Waals surface area (Å²) in [4.78, 5) is 12.5. The molecular weight excluding hydrogens is 440 g/mol.